The molecule has 1 heterocycles. The molecule has 1 amide bonds. The van der Waals surface area contributed by atoms with Crippen molar-refractivity contribution in [2.45, 2.75) is 18.2 Å². The number of rotatable bonds is 8. The van der Waals surface area contributed by atoms with Crippen molar-refractivity contribution >= 4 is 15.9 Å². The summed E-state index contributed by atoms with van der Waals surface area (Å²) in [4.78, 5) is 12.3. The van der Waals surface area contributed by atoms with E-state index in [9.17, 15) is 13.2 Å². The molecular weight excluding hydrogens is 380 g/mol. The Morgan fingerprint density at radius 1 is 0.964 bits per heavy atom. The van der Waals surface area contributed by atoms with Gasteiger partial charge in [0.2, 0.25) is 5.09 Å². The molecule has 7 nitrogen and oxygen atoms in total. The van der Waals surface area contributed by atoms with E-state index in [1.807, 2.05) is 54.6 Å². The number of nitrogens with one attached hydrogen (secondary N) is 2. The maximum atomic E-state index is 12.3. The first kappa shape index (κ1) is 19.7. The summed E-state index contributed by atoms with van der Waals surface area (Å²) >= 11 is 0. The smallest absolute Gasteiger partial charge is 0.287 e. The Labute approximate surface area is 163 Å². The van der Waals surface area contributed by atoms with Crippen LogP contribution in [0.15, 0.2) is 76.2 Å². The van der Waals surface area contributed by atoms with E-state index in [1.165, 1.54) is 19.2 Å². The monoisotopic (exact) mass is 400 g/mol. The lowest BCUT2D eigenvalue weighted by molar-refractivity contribution is 0.0917. The zero-order valence-electron chi connectivity index (χ0n) is 15.2. The second-order valence-corrected chi connectivity index (χ2v) is 7.70. The van der Waals surface area contributed by atoms with Crippen molar-refractivity contribution in [1.82, 2.24) is 10.0 Å². The van der Waals surface area contributed by atoms with Gasteiger partial charge in [-0.05, 0) is 42.4 Å². The number of ether oxygens (including phenoxy) is 1. The largest absolute Gasteiger partial charge is 0.489 e. The van der Waals surface area contributed by atoms with E-state index in [0.717, 1.165) is 16.9 Å². The van der Waals surface area contributed by atoms with Crippen molar-refractivity contribution in [2.75, 3.05) is 7.05 Å². The second kappa shape index (κ2) is 8.73. The molecule has 1 aromatic heterocycles. The van der Waals surface area contributed by atoms with Crippen molar-refractivity contribution in [3.05, 3.63) is 83.6 Å². The summed E-state index contributed by atoms with van der Waals surface area (Å²) in [6.45, 7) is 0.614. The predicted molar refractivity (Wildman–Crippen MR) is 103 cm³/mol. The minimum absolute atomic E-state index is 0.0770. The zero-order valence-corrected chi connectivity index (χ0v) is 16.0. The number of benzene rings is 2. The van der Waals surface area contributed by atoms with Gasteiger partial charge in [0.1, 0.15) is 12.4 Å². The van der Waals surface area contributed by atoms with E-state index in [2.05, 4.69) is 10.0 Å². The number of amides is 1. The summed E-state index contributed by atoms with van der Waals surface area (Å²) in [7, 11) is -2.46. The topological polar surface area (TPSA) is 97.6 Å². The van der Waals surface area contributed by atoms with Crippen molar-refractivity contribution in [2.24, 2.45) is 0 Å². The molecule has 0 saturated carbocycles. The number of hydrogen-bond donors (Lipinski definition) is 2. The molecule has 0 atom stereocenters. The molecule has 3 rings (SSSR count). The standard InChI is InChI=1S/C20H20N2O5S/c1-21-28(24,25)19-12-11-18(27-19)20(23)22-13-15-7-5-6-8-16(15)14-26-17-9-3-2-4-10-17/h2-12,21H,13-14H2,1H3,(H,22,23). The van der Waals surface area contributed by atoms with Crippen LogP contribution in [0.5, 0.6) is 5.75 Å². The molecule has 0 aliphatic rings. The summed E-state index contributed by atoms with van der Waals surface area (Å²) in [5, 5.41) is 2.42. The van der Waals surface area contributed by atoms with Gasteiger partial charge >= 0.3 is 0 Å². The van der Waals surface area contributed by atoms with Gasteiger partial charge in [-0.25, -0.2) is 13.1 Å². The van der Waals surface area contributed by atoms with Crippen LogP contribution >= 0.6 is 0 Å². The molecule has 146 valence electrons. The Kier molecular flexibility index (Phi) is 6.13. The molecule has 0 aliphatic heterocycles. The number of sulfonamides is 1. The van der Waals surface area contributed by atoms with Crippen LogP contribution in [-0.2, 0) is 23.2 Å². The van der Waals surface area contributed by atoms with Crippen molar-refractivity contribution in [1.29, 1.82) is 0 Å². The number of carbonyl (C=O) groups excluding carboxylic acids is 1. The van der Waals surface area contributed by atoms with E-state index >= 15 is 0 Å². The molecule has 0 saturated heterocycles. The Hall–Kier alpha value is -3.10. The molecule has 2 aromatic carbocycles. The van der Waals surface area contributed by atoms with E-state index in [-0.39, 0.29) is 17.4 Å². The van der Waals surface area contributed by atoms with E-state index in [4.69, 9.17) is 9.15 Å². The third-order valence-corrected chi connectivity index (χ3v) is 5.32. The van der Waals surface area contributed by atoms with Crippen LogP contribution in [0, 0.1) is 0 Å². The molecule has 0 radical (unpaired) electrons. The average molecular weight is 400 g/mol. The highest BCUT2D eigenvalue weighted by molar-refractivity contribution is 7.89. The summed E-state index contributed by atoms with van der Waals surface area (Å²) in [5.74, 6) is 0.179. The minimum Gasteiger partial charge on any atom is -0.489 e. The fourth-order valence-corrected chi connectivity index (χ4v) is 3.15. The molecule has 28 heavy (non-hydrogen) atoms. The zero-order chi connectivity index (χ0) is 20.0. The fourth-order valence-electron chi connectivity index (χ4n) is 2.50. The average Bonchev–Trinajstić information content (AvgIpc) is 3.23. The molecule has 8 heteroatoms. The Bertz CT molecular complexity index is 1050. The summed E-state index contributed by atoms with van der Waals surface area (Å²) in [5.41, 5.74) is 1.82. The molecule has 0 bridgehead atoms. The van der Waals surface area contributed by atoms with Crippen LogP contribution in [0.2, 0.25) is 0 Å². The highest BCUT2D eigenvalue weighted by Crippen LogP contribution is 2.16. The highest BCUT2D eigenvalue weighted by Gasteiger charge is 2.19. The maximum absolute atomic E-state index is 12.3. The SMILES string of the molecule is CNS(=O)(=O)c1ccc(C(=O)NCc2ccccc2COc2ccccc2)o1. The molecular formula is C20H20N2O5S. The molecule has 2 N–H and O–H groups in total. The van der Waals surface area contributed by atoms with Gasteiger partial charge in [-0.2, -0.15) is 0 Å². The first-order valence-corrected chi connectivity index (χ1v) is 10.0. The molecule has 0 aliphatic carbocycles. The minimum atomic E-state index is -3.73. The van der Waals surface area contributed by atoms with Crippen LogP contribution in [0.25, 0.3) is 0 Å². The van der Waals surface area contributed by atoms with Gasteiger partial charge in [0.05, 0.1) is 0 Å². The Morgan fingerprint density at radius 2 is 1.64 bits per heavy atom. The van der Waals surface area contributed by atoms with Crippen molar-refractivity contribution < 1.29 is 22.4 Å². The van der Waals surface area contributed by atoms with Crippen molar-refractivity contribution in [3.63, 3.8) is 0 Å². The summed E-state index contributed by atoms with van der Waals surface area (Å²) in [6.07, 6.45) is 0. The summed E-state index contributed by atoms with van der Waals surface area (Å²) < 4.78 is 36.4. The first-order chi connectivity index (χ1) is 13.5. The number of hydrogen-bond acceptors (Lipinski definition) is 5. The van der Waals surface area contributed by atoms with Gasteiger partial charge in [0.15, 0.2) is 5.76 Å². The van der Waals surface area contributed by atoms with Gasteiger partial charge < -0.3 is 14.5 Å². The maximum Gasteiger partial charge on any atom is 0.287 e. The number of para-hydroxylation sites is 1. The Balaban J connectivity index is 1.64. The normalized spacial score (nSPS) is 11.2. The number of furan rings is 1. The van der Waals surface area contributed by atoms with Crippen LogP contribution in [0.1, 0.15) is 21.7 Å². The second-order valence-electron chi connectivity index (χ2n) is 5.88. The third kappa shape index (κ3) is 4.79. The van der Waals surface area contributed by atoms with Gasteiger partial charge in [-0.15, -0.1) is 0 Å². The van der Waals surface area contributed by atoms with Crippen molar-refractivity contribution in [3.8, 4) is 5.75 Å². The van der Waals surface area contributed by atoms with Crippen LogP contribution < -0.4 is 14.8 Å². The lowest BCUT2D eigenvalue weighted by atomic mass is 10.1. The van der Waals surface area contributed by atoms with Gasteiger partial charge in [-0.3, -0.25) is 4.79 Å². The first-order valence-electron chi connectivity index (χ1n) is 8.56. The molecule has 0 unspecified atom stereocenters. The van der Waals surface area contributed by atoms with Gasteiger partial charge in [0, 0.05) is 6.54 Å². The third-order valence-electron chi connectivity index (χ3n) is 4.03. The van der Waals surface area contributed by atoms with Crippen LogP contribution in [0.4, 0.5) is 0 Å². The lowest BCUT2D eigenvalue weighted by Crippen LogP contribution is -2.23. The quantitative estimate of drug-likeness (QED) is 0.606. The van der Waals surface area contributed by atoms with Gasteiger partial charge in [-0.1, -0.05) is 42.5 Å². The van der Waals surface area contributed by atoms with Crippen LogP contribution in [-0.4, -0.2) is 21.4 Å². The fraction of sp³-hybridized carbons (Fsp3) is 0.150. The lowest BCUT2D eigenvalue weighted by Gasteiger charge is -2.11. The Morgan fingerprint density at radius 3 is 2.36 bits per heavy atom. The number of carbonyl (C=O) groups is 1. The van der Waals surface area contributed by atoms with E-state index in [1.54, 1.807) is 0 Å². The van der Waals surface area contributed by atoms with Gasteiger partial charge in [0.25, 0.3) is 15.9 Å². The van der Waals surface area contributed by atoms with Crippen LogP contribution in [0.3, 0.4) is 0 Å². The molecule has 0 fully saturated rings. The van der Waals surface area contributed by atoms with E-state index < -0.39 is 15.9 Å². The summed E-state index contributed by atoms with van der Waals surface area (Å²) in [6, 6.07) is 19.6. The molecule has 3 aromatic rings. The highest BCUT2D eigenvalue weighted by atomic mass is 32.2. The molecule has 0 spiro atoms. The predicted octanol–water partition coefficient (Wildman–Crippen LogP) is 2.70. The van der Waals surface area contributed by atoms with E-state index in [0.29, 0.717) is 6.61 Å².